The summed E-state index contributed by atoms with van der Waals surface area (Å²) in [6.45, 7) is 3.98. The molecule has 3 rings (SSSR count). The molecule has 1 aliphatic rings. The van der Waals surface area contributed by atoms with Gasteiger partial charge in [0.05, 0.1) is 6.61 Å². The second-order valence-corrected chi connectivity index (χ2v) is 11.3. The summed E-state index contributed by atoms with van der Waals surface area (Å²) >= 11 is 5.90. The molecule has 1 saturated heterocycles. The van der Waals surface area contributed by atoms with E-state index >= 15 is 0 Å². The van der Waals surface area contributed by atoms with Crippen LogP contribution in [0.25, 0.3) is 0 Å². The number of aliphatic carboxylic acids is 1. The molecule has 15 heteroatoms. The zero-order valence-electron chi connectivity index (χ0n) is 21.2. The summed E-state index contributed by atoms with van der Waals surface area (Å²) in [7, 11) is -4.55. The van der Waals surface area contributed by atoms with Gasteiger partial charge in [-0.2, -0.15) is 5.09 Å². The predicted octanol–water partition coefficient (Wildman–Crippen LogP) is 1.50. The van der Waals surface area contributed by atoms with E-state index in [0.717, 1.165) is 16.8 Å². The predicted molar refractivity (Wildman–Crippen MR) is 139 cm³/mol. The van der Waals surface area contributed by atoms with Crippen LogP contribution in [-0.2, 0) is 18.6 Å². The van der Waals surface area contributed by atoms with Gasteiger partial charge in [0, 0.05) is 17.3 Å². The van der Waals surface area contributed by atoms with Gasteiger partial charge in [-0.05, 0) is 37.1 Å². The van der Waals surface area contributed by atoms with Gasteiger partial charge in [0.2, 0.25) is 0 Å². The van der Waals surface area contributed by atoms with E-state index in [1.807, 2.05) is 10.9 Å². The number of aromatic amines is 1. The van der Waals surface area contributed by atoms with Gasteiger partial charge in [-0.3, -0.25) is 23.7 Å². The molecule has 1 aromatic carbocycles. The molecule has 5 N–H and O–H groups in total. The number of aliphatic hydroxyl groups is 2. The van der Waals surface area contributed by atoms with Crippen LogP contribution in [0.5, 0.6) is 5.75 Å². The summed E-state index contributed by atoms with van der Waals surface area (Å²) in [6.07, 6.45) is 1.87. The van der Waals surface area contributed by atoms with Crippen LogP contribution >= 0.6 is 19.3 Å². The number of carboxylic acids is 1. The molecule has 2 aromatic rings. The largest absolute Gasteiger partial charge is 0.480 e. The Balaban J connectivity index is 1.93. The average molecular weight is 586 g/mol. The Morgan fingerprint density at radius 3 is 2.56 bits per heavy atom. The molecule has 2 heterocycles. The van der Waals surface area contributed by atoms with Crippen LogP contribution in [0.1, 0.15) is 33.4 Å². The highest BCUT2D eigenvalue weighted by Crippen LogP contribution is 2.49. The monoisotopic (exact) mass is 585 g/mol. The number of H-pyrrole nitrogens is 1. The van der Waals surface area contributed by atoms with Crippen molar-refractivity contribution in [1.29, 1.82) is 0 Å². The second kappa shape index (κ2) is 11.7. The van der Waals surface area contributed by atoms with E-state index in [0.29, 0.717) is 11.4 Å². The first kappa shape index (κ1) is 30.6. The number of benzene rings is 1. The fraction of sp³-hybridized carbons (Fsp3) is 0.458. The van der Waals surface area contributed by atoms with E-state index < -0.39 is 67.1 Å². The third kappa shape index (κ3) is 6.28. The van der Waals surface area contributed by atoms with Gasteiger partial charge < -0.3 is 24.6 Å². The van der Waals surface area contributed by atoms with Crippen molar-refractivity contribution < 1.29 is 38.5 Å². The Morgan fingerprint density at radius 1 is 1.38 bits per heavy atom. The SMILES string of the molecule is C#C[C@@]1(O)[C@H](O)[C@@H](COP(=O)(NC(C)(C(=O)O)C(C)CC)Oc2ccc(Cl)cc2)O[C@H]1n1ccc(=O)[nH]c1=O. The van der Waals surface area contributed by atoms with Crippen molar-refractivity contribution in [2.45, 2.75) is 56.8 Å². The molecule has 1 fully saturated rings. The van der Waals surface area contributed by atoms with Crippen molar-refractivity contribution in [3.05, 3.63) is 62.4 Å². The van der Waals surface area contributed by atoms with Gasteiger partial charge in [-0.1, -0.05) is 37.8 Å². The van der Waals surface area contributed by atoms with Gasteiger partial charge >= 0.3 is 19.4 Å². The first-order valence-electron chi connectivity index (χ1n) is 11.8. The minimum Gasteiger partial charge on any atom is -0.480 e. The molecule has 1 aromatic heterocycles. The highest BCUT2D eigenvalue weighted by Gasteiger charge is 2.57. The van der Waals surface area contributed by atoms with Gasteiger partial charge in [0.15, 0.2) is 11.8 Å². The minimum atomic E-state index is -4.55. The van der Waals surface area contributed by atoms with E-state index in [2.05, 4.69) is 5.09 Å². The Bertz CT molecular complexity index is 1410. The van der Waals surface area contributed by atoms with E-state index in [9.17, 15) is 34.3 Å². The molecule has 0 aliphatic carbocycles. The highest BCUT2D eigenvalue weighted by atomic mass is 35.5. The lowest BCUT2D eigenvalue weighted by Crippen LogP contribution is -2.53. The van der Waals surface area contributed by atoms with Crippen molar-refractivity contribution >= 4 is 25.3 Å². The maximum absolute atomic E-state index is 14.0. The third-order valence-corrected chi connectivity index (χ3v) is 8.61. The molecule has 0 amide bonds. The summed E-state index contributed by atoms with van der Waals surface area (Å²) in [5, 5.41) is 34.6. The van der Waals surface area contributed by atoms with Crippen LogP contribution in [0, 0.1) is 18.3 Å². The molecule has 39 heavy (non-hydrogen) atoms. The summed E-state index contributed by atoms with van der Waals surface area (Å²) in [5.41, 5.74) is -5.93. The van der Waals surface area contributed by atoms with Gasteiger partial charge in [-0.25, -0.2) is 9.36 Å². The molecule has 0 spiro atoms. The summed E-state index contributed by atoms with van der Waals surface area (Å²) < 4.78 is 31.5. The van der Waals surface area contributed by atoms with E-state index in [4.69, 9.17) is 31.8 Å². The number of aromatic nitrogens is 2. The zero-order valence-corrected chi connectivity index (χ0v) is 22.9. The van der Waals surface area contributed by atoms with Crippen LogP contribution < -0.4 is 20.9 Å². The number of carboxylic acid groups (broad SMARTS) is 1. The van der Waals surface area contributed by atoms with E-state index in [-0.39, 0.29) is 5.75 Å². The lowest BCUT2D eigenvalue weighted by molar-refractivity contribution is -0.145. The number of halogens is 1. The second-order valence-electron chi connectivity index (χ2n) is 9.23. The smallest absolute Gasteiger partial charge is 0.459 e. The quantitative estimate of drug-likeness (QED) is 0.190. The molecule has 0 bridgehead atoms. The van der Waals surface area contributed by atoms with Crippen LogP contribution in [0.3, 0.4) is 0 Å². The van der Waals surface area contributed by atoms with Gasteiger partial charge in [0.25, 0.3) is 5.56 Å². The number of carbonyl (C=O) groups is 1. The minimum absolute atomic E-state index is 0.0258. The molecule has 13 nitrogen and oxygen atoms in total. The topological polar surface area (TPSA) is 189 Å². The van der Waals surface area contributed by atoms with Crippen LogP contribution in [0.4, 0.5) is 0 Å². The highest BCUT2D eigenvalue weighted by molar-refractivity contribution is 7.52. The average Bonchev–Trinajstić information content (AvgIpc) is 3.13. The number of hydrogen-bond acceptors (Lipinski definition) is 9. The maximum Gasteiger partial charge on any atom is 0.459 e. The molecular weight excluding hydrogens is 557 g/mol. The first-order valence-corrected chi connectivity index (χ1v) is 13.7. The Hall–Kier alpha value is -2.95. The molecule has 0 saturated carbocycles. The van der Waals surface area contributed by atoms with Crippen molar-refractivity contribution in [1.82, 2.24) is 14.6 Å². The normalized spacial score (nSPS) is 26.6. The van der Waals surface area contributed by atoms with Crippen LogP contribution in [-0.4, -0.2) is 60.8 Å². The fourth-order valence-electron chi connectivity index (χ4n) is 3.90. The Morgan fingerprint density at radius 2 is 2.03 bits per heavy atom. The zero-order chi connectivity index (χ0) is 29.2. The summed E-state index contributed by atoms with van der Waals surface area (Å²) in [5.74, 6) is 0.154. The fourth-order valence-corrected chi connectivity index (χ4v) is 5.81. The van der Waals surface area contributed by atoms with Gasteiger partial charge in [-0.15, -0.1) is 6.42 Å². The number of nitrogens with one attached hydrogen (secondary N) is 2. The number of terminal acetylenes is 1. The number of aliphatic hydroxyl groups excluding tert-OH is 1. The lowest BCUT2D eigenvalue weighted by Gasteiger charge is -2.35. The molecular formula is C24H29ClN3O10P. The molecule has 1 aliphatic heterocycles. The first-order chi connectivity index (χ1) is 18.2. The molecule has 3 unspecified atom stereocenters. The number of ether oxygens (including phenoxy) is 1. The molecule has 7 atom stereocenters. The van der Waals surface area contributed by atoms with E-state index in [1.54, 1.807) is 13.8 Å². The number of rotatable bonds is 11. The standard InChI is InChI=1S/C24H29ClN3O10P/c1-5-14(3)23(4,21(31)32)27-39(35,38-16-9-7-15(25)8-10-16)36-13-17-19(30)24(34,6-2)20(37-17)28-12-11-18(29)26-22(28)33/h2,7-12,14,17,19-20,30,34H,5,13H2,1,3-4H3,(H,27,35)(H,31,32)(H,26,29,33)/t14?,17-,19-,20-,23?,24-,39?/m1/s1. The molecule has 0 radical (unpaired) electrons. The van der Waals surface area contributed by atoms with E-state index in [1.165, 1.54) is 31.2 Å². The van der Waals surface area contributed by atoms with Crippen molar-refractivity contribution in [3.8, 4) is 18.1 Å². The summed E-state index contributed by atoms with van der Waals surface area (Å²) in [6, 6.07) is 6.67. The van der Waals surface area contributed by atoms with Crippen molar-refractivity contribution in [2.24, 2.45) is 5.92 Å². The number of hydrogen-bond donors (Lipinski definition) is 5. The number of nitrogens with zero attached hydrogens (tertiary/aromatic N) is 1. The van der Waals surface area contributed by atoms with Crippen molar-refractivity contribution in [3.63, 3.8) is 0 Å². The lowest BCUT2D eigenvalue weighted by atomic mass is 9.86. The summed E-state index contributed by atoms with van der Waals surface area (Å²) in [4.78, 5) is 37.9. The van der Waals surface area contributed by atoms with Gasteiger partial charge in [0.1, 0.15) is 23.5 Å². The Kier molecular flexibility index (Phi) is 9.14. The Labute approximate surface area is 228 Å². The third-order valence-electron chi connectivity index (χ3n) is 6.68. The van der Waals surface area contributed by atoms with Crippen LogP contribution in [0.2, 0.25) is 5.02 Å². The van der Waals surface area contributed by atoms with Crippen molar-refractivity contribution in [2.75, 3.05) is 6.61 Å². The van der Waals surface area contributed by atoms with Crippen LogP contribution in [0.15, 0.2) is 46.1 Å². The maximum atomic E-state index is 14.0. The molecule has 212 valence electrons.